The molecule has 1 aliphatic heterocycles. The number of ether oxygens (including phenoxy) is 1. The van der Waals surface area contributed by atoms with E-state index in [-0.39, 0.29) is 6.10 Å². The van der Waals surface area contributed by atoms with E-state index in [0.29, 0.717) is 42.4 Å². The van der Waals surface area contributed by atoms with Gasteiger partial charge >= 0.3 is 6.09 Å². The summed E-state index contributed by atoms with van der Waals surface area (Å²) in [6, 6.07) is 5.15. The van der Waals surface area contributed by atoms with E-state index in [1.807, 2.05) is 0 Å². The highest BCUT2D eigenvalue weighted by molar-refractivity contribution is 6.33. The Morgan fingerprint density at radius 3 is 2.67 bits per heavy atom. The van der Waals surface area contributed by atoms with Gasteiger partial charge in [0.2, 0.25) is 0 Å². The lowest BCUT2D eigenvalue weighted by molar-refractivity contribution is 0.0895. The van der Waals surface area contributed by atoms with E-state index >= 15 is 0 Å². The van der Waals surface area contributed by atoms with Gasteiger partial charge < -0.3 is 20.5 Å². The molecule has 0 saturated carbocycles. The Bertz CT molecular complexity index is 445. The summed E-state index contributed by atoms with van der Waals surface area (Å²) in [7, 11) is 0. The van der Waals surface area contributed by atoms with Gasteiger partial charge in [0.05, 0.1) is 10.7 Å². The number of benzene rings is 1. The fourth-order valence-electron chi connectivity index (χ4n) is 1.94. The van der Waals surface area contributed by atoms with E-state index in [0.717, 1.165) is 0 Å². The van der Waals surface area contributed by atoms with Crippen LogP contribution >= 0.6 is 11.6 Å². The summed E-state index contributed by atoms with van der Waals surface area (Å²) in [4.78, 5) is 12.2. The van der Waals surface area contributed by atoms with E-state index in [4.69, 9.17) is 27.2 Å². The van der Waals surface area contributed by atoms with Crippen molar-refractivity contribution in [3.05, 3.63) is 23.2 Å². The van der Waals surface area contributed by atoms with Crippen LogP contribution in [0.3, 0.4) is 0 Å². The molecule has 98 valence electrons. The molecular formula is C12H15ClN2O3. The number of anilines is 1. The van der Waals surface area contributed by atoms with Crippen molar-refractivity contribution in [3.63, 3.8) is 0 Å². The second-order valence-corrected chi connectivity index (χ2v) is 4.68. The lowest BCUT2D eigenvalue weighted by Gasteiger charge is -2.30. The van der Waals surface area contributed by atoms with Crippen LogP contribution in [0.4, 0.5) is 10.5 Å². The maximum Gasteiger partial charge on any atom is 0.407 e. The van der Waals surface area contributed by atoms with Crippen molar-refractivity contribution in [2.75, 3.05) is 18.8 Å². The minimum atomic E-state index is -0.871. The van der Waals surface area contributed by atoms with Crippen LogP contribution in [0.2, 0.25) is 5.02 Å². The summed E-state index contributed by atoms with van der Waals surface area (Å²) in [5, 5.41) is 9.30. The van der Waals surface area contributed by atoms with Crippen molar-refractivity contribution in [1.29, 1.82) is 0 Å². The molecule has 1 aromatic carbocycles. The number of hydrogen-bond acceptors (Lipinski definition) is 3. The topological polar surface area (TPSA) is 75.8 Å². The molecule has 6 heteroatoms. The summed E-state index contributed by atoms with van der Waals surface area (Å²) in [5.74, 6) is 0.669. The molecule has 1 saturated heterocycles. The zero-order chi connectivity index (χ0) is 13.1. The number of carbonyl (C=O) groups is 1. The third-order valence-electron chi connectivity index (χ3n) is 2.99. The maximum absolute atomic E-state index is 10.8. The number of likely N-dealkylation sites (tertiary alicyclic amines) is 1. The van der Waals surface area contributed by atoms with Crippen LogP contribution in [0.25, 0.3) is 0 Å². The van der Waals surface area contributed by atoms with Crippen LogP contribution in [0.15, 0.2) is 18.2 Å². The van der Waals surface area contributed by atoms with Crippen molar-refractivity contribution in [1.82, 2.24) is 4.90 Å². The highest BCUT2D eigenvalue weighted by Crippen LogP contribution is 2.26. The molecule has 18 heavy (non-hydrogen) atoms. The fraction of sp³-hybridized carbons (Fsp3) is 0.417. The van der Waals surface area contributed by atoms with Gasteiger partial charge in [0.1, 0.15) is 11.9 Å². The molecule has 0 bridgehead atoms. The second kappa shape index (κ2) is 5.35. The molecular weight excluding hydrogens is 256 g/mol. The summed E-state index contributed by atoms with van der Waals surface area (Å²) in [6.07, 6.45) is 0.534. The Balaban J connectivity index is 1.91. The molecule has 1 aliphatic rings. The highest BCUT2D eigenvalue weighted by Gasteiger charge is 2.23. The summed E-state index contributed by atoms with van der Waals surface area (Å²) >= 11 is 5.91. The number of nitrogen functional groups attached to an aromatic ring is 1. The predicted molar refractivity (Wildman–Crippen MR) is 69.1 cm³/mol. The van der Waals surface area contributed by atoms with Crippen molar-refractivity contribution < 1.29 is 14.6 Å². The second-order valence-electron chi connectivity index (χ2n) is 4.27. The van der Waals surface area contributed by atoms with Gasteiger partial charge in [-0.2, -0.15) is 0 Å². The standard InChI is InChI=1S/C12H15ClN2O3/c13-10-7-9(1-2-11(10)14)18-8-3-5-15(6-4-8)12(16)17/h1-2,7-8H,3-6,14H2,(H,16,17). The zero-order valence-corrected chi connectivity index (χ0v) is 10.6. The van der Waals surface area contributed by atoms with Crippen molar-refractivity contribution in [2.24, 2.45) is 0 Å². The Kier molecular flexibility index (Phi) is 3.81. The molecule has 1 amide bonds. The number of hydrogen-bond donors (Lipinski definition) is 2. The van der Waals surface area contributed by atoms with Gasteiger partial charge in [-0.15, -0.1) is 0 Å². The van der Waals surface area contributed by atoms with E-state index in [2.05, 4.69) is 0 Å². The van der Waals surface area contributed by atoms with Crippen LogP contribution in [-0.2, 0) is 0 Å². The van der Waals surface area contributed by atoms with Crippen LogP contribution in [0.1, 0.15) is 12.8 Å². The van der Waals surface area contributed by atoms with Crippen LogP contribution in [0, 0.1) is 0 Å². The lowest BCUT2D eigenvalue weighted by atomic mass is 10.1. The number of nitrogens with zero attached hydrogens (tertiary/aromatic N) is 1. The number of halogens is 1. The first-order valence-electron chi connectivity index (χ1n) is 5.76. The summed E-state index contributed by atoms with van der Waals surface area (Å²) < 4.78 is 5.76. The molecule has 0 spiro atoms. The van der Waals surface area contributed by atoms with Gasteiger partial charge in [-0.3, -0.25) is 0 Å². The van der Waals surface area contributed by atoms with E-state index in [1.165, 1.54) is 4.90 Å². The number of carboxylic acid groups (broad SMARTS) is 1. The Hall–Kier alpha value is -1.62. The first kappa shape index (κ1) is 12.8. The third kappa shape index (κ3) is 2.98. The van der Waals surface area contributed by atoms with Crippen LogP contribution in [-0.4, -0.2) is 35.3 Å². The molecule has 1 heterocycles. The van der Waals surface area contributed by atoms with E-state index < -0.39 is 6.09 Å². The maximum atomic E-state index is 10.8. The average Bonchev–Trinajstić information content (AvgIpc) is 2.34. The summed E-state index contributed by atoms with van der Waals surface area (Å²) in [5.41, 5.74) is 6.13. The SMILES string of the molecule is Nc1ccc(OC2CCN(C(=O)O)CC2)cc1Cl. The molecule has 0 atom stereocenters. The lowest BCUT2D eigenvalue weighted by Crippen LogP contribution is -2.41. The van der Waals surface area contributed by atoms with E-state index in [1.54, 1.807) is 18.2 Å². The number of amides is 1. The minimum Gasteiger partial charge on any atom is -0.490 e. The van der Waals surface area contributed by atoms with Crippen LogP contribution < -0.4 is 10.5 Å². The number of rotatable bonds is 2. The first-order valence-corrected chi connectivity index (χ1v) is 6.13. The van der Waals surface area contributed by atoms with Crippen molar-refractivity contribution in [2.45, 2.75) is 18.9 Å². The molecule has 1 aromatic rings. The Morgan fingerprint density at radius 2 is 2.11 bits per heavy atom. The largest absolute Gasteiger partial charge is 0.490 e. The van der Waals surface area contributed by atoms with E-state index in [9.17, 15) is 4.79 Å². The minimum absolute atomic E-state index is 0.0280. The van der Waals surface area contributed by atoms with Crippen LogP contribution in [0.5, 0.6) is 5.75 Å². The summed E-state index contributed by atoms with van der Waals surface area (Å²) in [6.45, 7) is 1.01. The van der Waals surface area contributed by atoms with Gasteiger partial charge in [0.25, 0.3) is 0 Å². The molecule has 3 N–H and O–H groups in total. The third-order valence-corrected chi connectivity index (χ3v) is 3.31. The average molecular weight is 271 g/mol. The predicted octanol–water partition coefficient (Wildman–Crippen LogP) is 2.44. The monoisotopic (exact) mass is 270 g/mol. The highest BCUT2D eigenvalue weighted by atomic mass is 35.5. The quantitative estimate of drug-likeness (QED) is 0.810. The normalized spacial score (nSPS) is 16.6. The zero-order valence-electron chi connectivity index (χ0n) is 9.80. The molecule has 1 fully saturated rings. The molecule has 0 radical (unpaired) electrons. The molecule has 0 unspecified atom stereocenters. The Morgan fingerprint density at radius 1 is 1.44 bits per heavy atom. The molecule has 0 aliphatic carbocycles. The fourth-order valence-corrected chi connectivity index (χ4v) is 2.11. The van der Waals surface area contributed by atoms with Gasteiger partial charge in [0, 0.05) is 32.0 Å². The van der Waals surface area contributed by atoms with Gasteiger partial charge in [-0.05, 0) is 12.1 Å². The Labute approximate surface area is 110 Å². The molecule has 0 aromatic heterocycles. The number of nitrogens with two attached hydrogens (primary N) is 1. The first-order chi connectivity index (χ1) is 8.56. The van der Waals surface area contributed by atoms with Gasteiger partial charge in [-0.25, -0.2) is 4.79 Å². The molecule has 2 rings (SSSR count). The number of piperidine rings is 1. The van der Waals surface area contributed by atoms with Crippen molar-refractivity contribution in [3.8, 4) is 5.75 Å². The van der Waals surface area contributed by atoms with Gasteiger partial charge in [0.15, 0.2) is 0 Å². The molecule has 5 nitrogen and oxygen atoms in total. The smallest absolute Gasteiger partial charge is 0.407 e. The van der Waals surface area contributed by atoms with Crippen molar-refractivity contribution >= 4 is 23.4 Å². The van der Waals surface area contributed by atoms with Gasteiger partial charge in [-0.1, -0.05) is 11.6 Å².